The molecule has 4 heterocycles. The Hall–Kier alpha value is -4.96. The highest BCUT2D eigenvalue weighted by Crippen LogP contribution is 2.40. The molecule has 48 heavy (non-hydrogen) atoms. The molecule has 10 nitrogen and oxygen atoms in total. The summed E-state index contributed by atoms with van der Waals surface area (Å²) in [4.78, 5) is 46.6. The van der Waals surface area contributed by atoms with Crippen molar-refractivity contribution in [1.29, 1.82) is 0 Å². The van der Waals surface area contributed by atoms with Crippen molar-refractivity contribution in [2.24, 2.45) is 5.92 Å². The lowest BCUT2D eigenvalue weighted by atomic mass is 9.83. The van der Waals surface area contributed by atoms with Gasteiger partial charge in [0.1, 0.15) is 11.5 Å². The second-order valence-electron chi connectivity index (χ2n) is 12.6. The van der Waals surface area contributed by atoms with Crippen molar-refractivity contribution in [3.63, 3.8) is 0 Å². The molecule has 1 N–H and O–H groups in total. The smallest absolute Gasteiger partial charge is 0.255 e. The van der Waals surface area contributed by atoms with Crippen molar-refractivity contribution in [3.8, 4) is 11.5 Å². The normalized spacial score (nSPS) is 18.6. The van der Waals surface area contributed by atoms with Gasteiger partial charge in [0.2, 0.25) is 0 Å². The van der Waals surface area contributed by atoms with E-state index in [1.165, 1.54) is 14.2 Å². The number of ether oxygens (including phenoxy) is 2. The van der Waals surface area contributed by atoms with E-state index in [0.29, 0.717) is 72.6 Å². The van der Waals surface area contributed by atoms with Crippen LogP contribution in [0.2, 0.25) is 5.02 Å². The molecular weight excluding hydrogens is 630 g/mol. The van der Waals surface area contributed by atoms with E-state index < -0.39 is 0 Å². The van der Waals surface area contributed by atoms with Gasteiger partial charge in [-0.25, -0.2) is 0 Å². The van der Waals surface area contributed by atoms with Crippen molar-refractivity contribution in [3.05, 3.63) is 111 Å². The first kappa shape index (κ1) is 31.6. The Bertz CT molecular complexity index is 1900. The summed E-state index contributed by atoms with van der Waals surface area (Å²) in [7, 11) is 3.08. The molecule has 0 aliphatic carbocycles. The molecule has 3 aromatic carbocycles. The Labute approximate surface area is 284 Å². The van der Waals surface area contributed by atoms with Gasteiger partial charge in [0.05, 0.1) is 36.3 Å². The number of rotatable bonds is 7. The molecule has 3 aliphatic heterocycles. The number of nitrogens with zero attached hydrogens (tertiary/aromatic N) is 4. The van der Waals surface area contributed by atoms with Crippen LogP contribution in [0.5, 0.6) is 11.5 Å². The molecule has 2 unspecified atom stereocenters. The van der Waals surface area contributed by atoms with Crippen molar-refractivity contribution in [2.45, 2.75) is 18.9 Å². The fourth-order valence-electron chi connectivity index (χ4n) is 7.31. The van der Waals surface area contributed by atoms with E-state index in [0.717, 1.165) is 30.0 Å². The zero-order chi connectivity index (χ0) is 33.4. The fraction of sp³-hybridized carbons (Fsp3) is 0.324. The van der Waals surface area contributed by atoms with Gasteiger partial charge in [-0.3, -0.25) is 14.4 Å². The predicted octanol–water partition coefficient (Wildman–Crippen LogP) is 5.36. The van der Waals surface area contributed by atoms with Crippen LogP contribution in [0, 0.1) is 5.92 Å². The highest BCUT2D eigenvalue weighted by atomic mass is 35.5. The number of halogens is 1. The topological polar surface area (TPSA) is 96.3 Å². The first-order valence-electron chi connectivity index (χ1n) is 16.2. The third-order valence-corrected chi connectivity index (χ3v) is 10.0. The molecule has 2 fully saturated rings. The second-order valence-corrected chi connectivity index (χ2v) is 13.0. The number of pyridine rings is 1. The highest BCUT2D eigenvalue weighted by Gasteiger charge is 2.35. The van der Waals surface area contributed by atoms with Crippen molar-refractivity contribution in [1.82, 2.24) is 9.47 Å². The molecule has 2 saturated heterocycles. The lowest BCUT2D eigenvalue weighted by molar-refractivity contribution is 0.0746. The second kappa shape index (κ2) is 13.3. The first-order chi connectivity index (χ1) is 23.3. The van der Waals surface area contributed by atoms with E-state index >= 15 is 0 Å². The molecule has 2 bridgehead atoms. The summed E-state index contributed by atoms with van der Waals surface area (Å²) in [6.45, 7) is 4.49. The minimum Gasteiger partial charge on any atom is -0.497 e. The average molecular weight is 668 g/mol. The molecule has 0 spiro atoms. The van der Waals surface area contributed by atoms with Gasteiger partial charge in [-0.15, -0.1) is 0 Å². The zero-order valence-corrected chi connectivity index (χ0v) is 27.8. The molecule has 11 heteroatoms. The number of hydrogen-bond donors (Lipinski definition) is 1. The summed E-state index contributed by atoms with van der Waals surface area (Å²) >= 11 is 6.44. The number of amides is 2. The van der Waals surface area contributed by atoms with Crippen molar-refractivity contribution < 1.29 is 19.1 Å². The predicted molar refractivity (Wildman–Crippen MR) is 187 cm³/mol. The Kier molecular flexibility index (Phi) is 8.75. The number of anilines is 3. The number of hydrogen-bond acceptors (Lipinski definition) is 7. The average Bonchev–Trinajstić information content (AvgIpc) is 3.11. The van der Waals surface area contributed by atoms with Gasteiger partial charge in [-0.1, -0.05) is 29.8 Å². The molecule has 2 amide bonds. The van der Waals surface area contributed by atoms with Gasteiger partial charge in [-0.2, -0.15) is 0 Å². The number of piperazine rings is 1. The highest BCUT2D eigenvalue weighted by molar-refractivity contribution is 6.33. The molecule has 7 rings (SSSR count). The third kappa shape index (κ3) is 6.20. The maximum absolute atomic E-state index is 13.9. The van der Waals surface area contributed by atoms with Crippen molar-refractivity contribution in [2.75, 3.05) is 68.6 Å². The summed E-state index contributed by atoms with van der Waals surface area (Å²) in [5.41, 5.74) is 4.29. The van der Waals surface area contributed by atoms with Crippen LogP contribution in [0.25, 0.3) is 0 Å². The van der Waals surface area contributed by atoms with Gasteiger partial charge < -0.3 is 34.1 Å². The molecule has 248 valence electrons. The quantitative estimate of drug-likeness (QED) is 0.284. The van der Waals surface area contributed by atoms with Crippen LogP contribution in [-0.2, 0) is 6.54 Å². The first-order valence-corrected chi connectivity index (χ1v) is 16.6. The molecule has 0 radical (unpaired) electrons. The minimum atomic E-state index is -0.347. The lowest BCUT2D eigenvalue weighted by Crippen LogP contribution is -2.49. The summed E-state index contributed by atoms with van der Waals surface area (Å²) in [5, 5.41) is 3.81. The number of benzene rings is 3. The standard InChI is InChI=1S/C37H38ClN5O5/c1-47-28-17-26(18-29(20-28)48-2)36(45)39-31-19-25(37(46)41-14-12-40(13-15-41)33-7-4-3-6-30(33)38)10-11-34(31)42-21-24-16-27(23-42)32-8-5-9-35(44)43(32)22-24/h3-11,17-20,24,27H,12-16,21-23H2,1-2H3,(H,39,45). The number of methoxy groups -OCH3 is 2. The SMILES string of the molecule is COc1cc(OC)cc(C(=O)Nc2cc(C(=O)N3CCN(c4ccccc4Cl)CC3)ccc2N2CC3CC(C2)c2cccc(=O)n2C3)c1. The number of carbonyl (C=O) groups is 2. The largest absolute Gasteiger partial charge is 0.497 e. The summed E-state index contributed by atoms with van der Waals surface area (Å²) < 4.78 is 12.7. The minimum absolute atomic E-state index is 0.0351. The van der Waals surface area contributed by atoms with Crippen LogP contribution in [0.4, 0.5) is 17.1 Å². The lowest BCUT2D eigenvalue weighted by Gasteiger charge is -2.44. The number of nitrogens with one attached hydrogen (secondary N) is 1. The fourth-order valence-corrected chi connectivity index (χ4v) is 7.57. The van der Waals surface area contributed by atoms with E-state index in [9.17, 15) is 14.4 Å². The Balaban J connectivity index is 1.17. The summed E-state index contributed by atoms with van der Waals surface area (Å²) in [6.07, 6.45) is 1.00. The van der Waals surface area contributed by atoms with Crippen LogP contribution in [0.15, 0.2) is 83.7 Å². The Morgan fingerprint density at radius 2 is 1.52 bits per heavy atom. The van der Waals surface area contributed by atoms with E-state index in [1.807, 2.05) is 58.0 Å². The molecular formula is C37H38ClN5O5. The third-order valence-electron chi connectivity index (χ3n) is 9.69. The maximum atomic E-state index is 13.9. The van der Waals surface area contributed by atoms with E-state index in [1.54, 1.807) is 30.3 Å². The van der Waals surface area contributed by atoms with Gasteiger partial charge in [0.25, 0.3) is 17.4 Å². The molecule has 0 saturated carbocycles. The Morgan fingerprint density at radius 3 is 2.25 bits per heavy atom. The van der Waals surface area contributed by atoms with Gasteiger partial charge in [0, 0.05) is 80.7 Å². The zero-order valence-electron chi connectivity index (χ0n) is 27.0. The van der Waals surface area contributed by atoms with E-state index in [2.05, 4.69) is 15.1 Å². The molecule has 4 aromatic rings. The Morgan fingerprint density at radius 1 is 0.771 bits per heavy atom. The molecule has 2 atom stereocenters. The number of piperidine rings is 1. The van der Waals surface area contributed by atoms with E-state index in [4.69, 9.17) is 21.1 Å². The number of fused-ring (bicyclic) bond motifs is 4. The van der Waals surface area contributed by atoms with Crippen LogP contribution < -0.4 is 30.1 Å². The number of aromatic nitrogens is 1. The molecule has 1 aromatic heterocycles. The van der Waals surface area contributed by atoms with Crippen molar-refractivity contribution >= 4 is 40.5 Å². The van der Waals surface area contributed by atoms with Crippen LogP contribution in [0.1, 0.15) is 38.7 Å². The van der Waals surface area contributed by atoms with E-state index in [-0.39, 0.29) is 29.2 Å². The van der Waals surface area contributed by atoms with Crippen LogP contribution in [-0.4, -0.2) is 74.8 Å². The number of carbonyl (C=O) groups excluding carboxylic acids is 2. The molecule has 3 aliphatic rings. The summed E-state index contributed by atoms with van der Waals surface area (Å²) in [5.74, 6) is 1.00. The van der Waals surface area contributed by atoms with Gasteiger partial charge in [0.15, 0.2) is 0 Å². The van der Waals surface area contributed by atoms with Gasteiger partial charge >= 0.3 is 0 Å². The summed E-state index contributed by atoms with van der Waals surface area (Å²) in [6, 6.07) is 23.8. The number of para-hydroxylation sites is 1. The van der Waals surface area contributed by atoms with Crippen LogP contribution in [0.3, 0.4) is 0 Å². The maximum Gasteiger partial charge on any atom is 0.255 e. The van der Waals surface area contributed by atoms with Crippen LogP contribution >= 0.6 is 11.6 Å². The van der Waals surface area contributed by atoms with Gasteiger partial charge in [-0.05, 0) is 60.9 Å². The monoisotopic (exact) mass is 667 g/mol.